The third kappa shape index (κ3) is 3.93. The Morgan fingerprint density at radius 1 is 1.00 bits per heavy atom. The Balaban J connectivity index is 1.37. The van der Waals surface area contributed by atoms with Gasteiger partial charge in [0.15, 0.2) is 0 Å². The Morgan fingerprint density at radius 2 is 1.75 bits per heavy atom. The largest absolute Gasteiger partial charge is 0.497 e. The van der Waals surface area contributed by atoms with Crippen LogP contribution in [0.15, 0.2) is 54.6 Å². The normalized spacial score (nSPS) is 25.9. The lowest BCUT2D eigenvalue weighted by Crippen LogP contribution is -2.48. The molecule has 0 bridgehead atoms. The highest BCUT2D eigenvalue weighted by Gasteiger charge is 2.39. The number of carbonyl (C=O) groups is 1. The Kier molecular flexibility index (Phi) is 5.67. The molecule has 2 aromatic carbocycles. The summed E-state index contributed by atoms with van der Waals surface area (Å²) in [6, 6.07) is 18.8. The molecule has 0 aromatic heterocycles. The van der Waals surface area contributed by atoms with Gasteiger partial charge in [0.25, 0.3) is 0 Å². The summed E-state index contributed by atoms with van der Waals surface area (Å²) in [7, 11) is 1.70. The van der Waals surface area contributed by atoms with E-state index in [1.165, 1.54) is 11.1 Å². The molecule has 2 saturated heterocycles. The molecule has 4 heteroatoms. The maximum atomic E-state index is 13.0. The van der Waals surface area contributed by atoms with Gasteiger partial charge in [-0.05, 0) is 54.5 Å². The molecule has 0 spiro atoms. The number of benzene rings is 2. The summed E-state index contributed by atoms with van der Waals surface area (Å²) < 4.78 is 5.28. The van der Waals surface area contributed by atoms with E-state index in [1.54, 1.807) is 7.11 Å². The molecule has 28 heavy (non-hydrogen) atoms. The fraction of sp³-hybridized carbons (Fsp3) is 0.458. The SMILES string of the molecule is COc1ccc(C2CCN(C3CCN(Cc4ccccc4)C3=O)CC2C)cc1. The summed E-state index contributed by atoms with van der Waals surface area (Å²) in [4.78, 5) is 17.5. The van der Waals surface area contributed by atoms with Crippen molar-refractivity contribution in [1.82, 2.24) is 9.80 Å². The van der Waals surface area contributed by atoms with E-state index in [9.17, 15) is 4.79 Å². The minimum atomic E-state index is 0.0583. The average molecular weight is 379 g/mol. The summed E-state index contributed by atoms with van der Waals surface area (Å²) in [6.45, 7) is 5.91. The average Bonchev–Trinajstić information content (AvgIpc) is 3.09. The third-order valence-corrected chi connectivity index (χ3v) is 6.41. The highest BCUT2D eigenvalue weighted by Crippen LogP contribution is 2.35. The second-order valence-electron chi connectivity index (χ2n) is 8.19. The van der Waals surface area contributed by atoms with Gasteiger partial charge >= 0.3 is 0 Å². The first-order valence-electron chi connectivity index (χ1n) is 10.4. The summed E-state index contributed by atoms with van der Waals surface area (Å²) in [6.07, 6.45) is 2.06. The lowest BCUT2D eigenvalue weighted by atomic mass is 9.81. The molecular weight excluding hydrogens is 348 g/mol. The van der Waals surface area contributed by atoms with Crippen LogP contribution in [0.5, 0.6) is 5.75 Å². The zero-order chi connectivity index (χ0) is 19.5. The van der Waals surface area contributed by atoms with Crippen LogP contribution in [0, 0.1) is 5.92 Å². The number of piperidine rings is 1. The highest BCUT2D eigenvalue weighted by molar-refractivity contribution is 5.84. The maximum absolute atomic E-state index is 13.0. The smallest absolute Gasteiger partial charge is 0.240 e. The number of likely N-dealkylation sites (tertiary alicyclic amines) is 2. The van der Waals surface area contributed by atoms with Crippen molar-refractivity contribution in [2.24, 2.45) is 5.92 Å². The summed E-state index contributed by atoms with van der Waals surface area (Å²) in [5.41, 5.74) is 2.60. The van der Waals surface area contributed by atoms with Crippen molar-refractivity contribution in [2.45, 2.75) is 38.3 Å². The van der Waals surface area contributed by atoms with Gasteiger partial charge in [-0.3, -0.25) is 9.69 Å². The molecule has 0 radical (unpaired) electrons. The Bertz CT molecular complexity index is 790. The van der Waals surface area contributed by atoms with Crippen LogP contribution in [0.4, 0.5) is 0 Å². The summed E-state index contributed by atoms with van der Waals surface area (Å²) >= 11 is 0. The minimum absolute atomic E-state index is 0.0583. The first-order valence-corrected chi connectivity index (χ1v) is 10.4. The van der Waals surface area contributed by atoms with Gasteiger partial charge in [0.05, 0.1) is 13.2 Å². The quantitative estimate of drug-likeness (QED) is 0.791. The van der Waals surface area contributed by atoms with E-state index < -0.39 is 0 Å². The molecule has 4 nitrogen and oxygen atoms in total. The van der Waals surface area contributed by atoms with Crippen molar-refractivity contribution in [3.63, 3.8) is 0 Å². The van der Waals surface area contributed by atoms with Crippen LogP contribution in [0.2, 0.25) is 0 Å². The van der Waals surface area contributed by atoms with Crippen molar-refractivity contribution >= 4 is 5.91 Å². The molecule has 3 unspecified atom stereocenters. The molecule has 2 aromatic rings. The van der Waals surface area contributed by atoms with Crippen LogP contribution >= 0.6 is 0 Å². The van der Waals surface area contributed by atoms with Gasteiger partial charge in [-0.2, -0.15) is 0 Å². The van der Waals surface area contributed by atoms with Gasteiger partial charge in [-0.25, -0.2) is 0 Å². The van der Waals surface area contributed by atoms with E-state index in [1.807, 2.05) is 23.1 Å². The van der Waals surface area contributed by atoms with Gasteiger partial charge in [-0.1, -0.05) is 49.4 Å². The second-order valence-corrected chi connectivity index (χ2v) is 8.19. The second kappa shape index (κ2) is 8.36. The van der Waals surface area contributed by atoms with Crippen LogP contribution in [0.1, 0.15) is 36.8 Å². The van der Waals surface area contributed by atoms with Crippen LogP contribution in [-0.2, 0) is 11.3 Å². The molecule has 4 rings (SSSR count). The predicted octanol–water partition coefficient (Wildman–Crippen LogP) is 3.92. The van der Waals surface area contributed by atoms with E-state index in [2.05, 4.69) is 48.2 Å². The van der Waals surface area contributed by atoms with E-state index >= 15 is 0 Å². The first-order chi connectivity index (χ1) is 13.7. The Hall–Kier alpha value is -2.33. The van der Waals surface area contributed by atoms with Crippen molar-refractivity contribution in [3.05, 3.63) is 65.7 Å². The molecular formula is C24H30N2O2. The molecule has 1 amide bonds. The number of rotatable bonds is 5. The van der Waals surface area contributed by atoms with Crippen molar-refractivity contribution in [3.8, 4) is 5.75 Å². The standard InChI is InChI=1S/C24H30N2O2/c1-18-16-25(14-12-22(18)20-8-10-21(28-2)11-9-20)23-13-15-26(24(23)27)17-19-6-4-3-5-7-19/h3-11,18,22-23H,12-17H2,1-2H3. The molecule has 2 fully saturated rings. The molecule has 2 aliphatic rings. The fourth-order valence-corrected chi connectivity index (χ4v) is 4.83. The van der Waals surface area contributed by atoms with Crippen molar-refractivity contribution < 1.29 is 9.53 Å². The molecule has 148 valence electrons. The van der Waals surface area contributed by atoms with E-state index in [0.717, 1.165) is 44.8 Å². The monoisotopic (exact) mass is 378 g/mol. The van der Waals surface area contributed by atoms with E-state index in [-0.39, 0.29) is 6.04 Å². The van der Waals surface area contributed by atoms with E-state index in [4.69, 9.17) is 4.74 Å². The Morgan fingerprint density at radius 3 is 2.43 bits per heavy atom. The number of carbonyl (C=O) groups excluding carboxylic acids is 1. The molecule has 2 aliphatic heterocycles. The van der Waals surface area contributed by atoms with Gasteiger partial charge in [0.1, 0.15) is 5.75 Å². The number of hydrogen-bond donors (Lipinski definition) is 0. The number of amides is 1. The van der Waals surface area contributed by atoms with Crippen molar-refractivity contribution in [2.75, 3.05) is 26.7 Å². The van der Waals surface area contributed by atoms with Gasteiger partial charge in [0.2, 0.25) is 5.91 Å². The molecule has 3 atom stereocenters. The molecule has 0 aliphatic carbocycles. The summed E-state index contributed by atoms with van der Waals surface area (Å²) in [5.74, 6) is 2.31. The zero-order valence-corrected chi connectivity index (χ0v) is 16.9. The van der Waals surface area contributed by atoms with Gasteiger partial charge in [0, 0.05) is 19.6 Å². The number of nitrogens with zero attached hydrogens (tertiary/aromatic N) is 2. The minimum Gasteiger partial charge on any atom is -0.497 e. The van der Waals surface area contributed by atoms with Crippen LogP contribution in [0.25, 0.3) is 0 Å². The highest BCUT2D eigenvalue weighted by atomic mass is 16.5. The number of methoxy groups -OCH3 is 1. The molecule has 2 heterocycles. The predicted molar refractivity (Wildman–Crippen MR) is 111 cm³/mol. The summed E-state index contributed by atoms with van der Waals surface area (Å²) in [5, 5.41) is 0. The lowest BCUT2D eigenvalue weighted by Gasteiger charge is -2.39. The van der Waals surface area contributed by atoms with Crippen molar-refractivity contribution in [1.29, 1.82) is 0 Å². The maximum Gasteiger partial charge on any atom is 0.240 e. The third-order valence-electron chi connectivity index (χ3n) is 6.41. The van der Waals surface area contributed by atoms with E-state index in [0.29, 0.717) is 17.7 Å². The lowest BCUT2D eigenvalue weighted by molar-refractivity contribution is -0.133. The molecule has 0 saturated carbocycles. The zero-order valence-electron chi connectivity index (χ0n) is 16.9. The first kappa shape index (κ1) is 19.0. The number of hydrogen-bond acceptors (Lipinski definition) is 3. The topological polar surface area (TPSA) is 32.8 Å². The fourth-order valence-electron chi connectivity index (χ4n) is 4.83. The van der Waals surface area contributed by atoms with Crippen LogP contribution in [0.3, 0.4) is 0 Å². The van der Waals surface area contributed by atoms with Gasteiger partial charge in [-0.15, -0.1) is 0 Å². The van der Waals surface area contributed by atoms with Crippen LogP contribution < -0.4 is 4.74 Å². The Labute approximate surface area is 168 Å². The van der Waals surface area contributed by atoms with Gasteiger partial charge < -0.3 is 9.64 Å². The van der Waals surface area contributed by atoms with Crippen LogP contribution in [-0.4, -0.2) is 48.5 Å². The number of ether oxygens (including phenoxy) is 1. The molecule has 0 N–H and O–H groups in total.